The standard InChI is InChI=1S/C25H22Cl2N4O4S/c1-25(2,19-10-16(13-28)22(20(27)12-19)34-9-8-26)18-6-4-15(5-7-18)17-11-21-23(29-14-17)30-24(35-21)31-36(3,32)33/h4-7,10-12,14H,8-9H2,1-3H3,(H,29,30,31). The minimum atomic E-state index is -3.52. The van der Waals surface area contributed by atoms with Crippen LogP contribution in [0.4, 0.5) is 6.01 Å². The Hall–Kier alpha value is -3.32. The Morgan fingerprint density at radius 3 is 2.50 bits per heavy atom. The molecule has 0 saturated carbocycles. The van der Waals surface area contributed by atoms with E-state index in [0.29, 0.717) is 33.4 Å². The molecule has 8 nitrogen and oxygen atoms in total. The average Bonchev–Trinajstić information content (AvgIpc) is 3.22. The fourth-order valence-corrected chi connectivity index (χ4v) is 4.51. The third-order valence-electron chi connectivity index (χ3n) is 5.67. The lowest BCUT2D eigenvalue weighted by Crippen LogP contribution is -2.19. The van der Waals surface area contributed by atoms with Crippen molar-refractivity contribution in [2.24, 2.45) is 0 Å². The maximum Gasteiger partial charge on any atom is 0.311 e. The monoisotopic (exact) mass is 544 g/mol. The minimum Gasteiger partial charge on any atom is -0.489 e. The Morgan fingerprint density at radius 1 is 1.14 bits per heavy atom. The summed E-state index contributed by atoms with van der Waals surface area (Å²) < 4.78 is 36.1. The number of ether oxygens (including phenoxy) is 1. The zero-order chi connectivity index (χ0) is 26.1. The topological polar surface area (TPSA) is 118 Å². The number of nitrogens with one attached hydrogen (secondary N) is 1. The first-order valence-corrected chi connectivity index (χ1v) is 13.6. The van der Waals surface area contributed by atoms with Gasteiger partial charge in [-0.1, -0.05) is 49.7 Å². The Morgan fingerprint density at radius 2 is 1.86 bits per heavy atom. The Balaban J connectivity index is 1.63. The molecule has 0 radical (unpaired) electrons. The molecule has 0 fully saturated rings. The summed E-state index contributed by atoms with van der Waals surface area (Å²) in [5, 5.41) is 9.98. The van der Waals surface area contributed by atoms with Crippen molar-refractivity contribution >= 4 is 50.5 Å². The number of hydrogen-bond acceptors (Lipinski definition) is 7. The molecule has 0 amide bonds. The van der Waals surface area contributed by atoms with Gasteiger partial charge in [0.15, 0.2) is 11.3 Å². The van der Waals surface area contributed by atoms with Crippen molar-refractivity contribution in [1.82, 2.24) is 9.97 Å². The molecule has 1 N–H and O–H groups in total. The lowest BCUT2D eigenvalue weighted by molar-refractivity contribution is 0.341. The van der Waals surface area contributed by atoms with Crippen LogP contribution in [0, 0.1) is 11.3 Å². The van der Waals surface area contributed by atoms with E-state index in [-0.39, 0.29) is 12.6 Å². The number of alkyl halides is 1. The second-order valence-electron chi connectivity index (χ2n) is 8.63. The zero-order valence-corrected chi connectivity index (χ0v) is 22.0. The van der Waals surface area contributed by atoms with Crippen LogP contribution in [0.15, 0.2) is 53.1 Å². The molecule has 186 valence electrons. The Labute approximate surface area is 218 Å². The first-order valence-electron chi connectivity index (χ1n) is 10.8. The predicted octanol–water partition coefficient (Wildman–Crippen LogP) is 5.73. The van der Waals surface area contributed by atoms with Gasteiger partial charge in [-0.15, -0.1) is 11.6 Å². The van der Waals surface area contributed by atoms with E-state index in [1.165, 1.54) is 0 Å². The number of benzene rings is 2. The number of rotatable bonds is 8. The molecule has 2 heterocycles. The van der Waals surface area contributed by atoms with Crippen molar-refractivity contribution in [2.45, 2.75) is 19.3 Å². The van der Waals surface area contributed by atoms with E-state index in [4.69, 9.17) is 32.4 Å². The molecule has 2 aromatic heterocycles. The fraction of sp³-hybridized carbons (Fsp3) is 0.240. The van der Waals surface area contributed by atoms with Gasteiger partial charge in [-0.25, -0.2) is 18.1 Å². The van der Waals surface area contributed by atoms with Gasteiger partial charge in [-0.05, 0) is 34.9 Å². The van der Waals surface area contributed by atoms with Crippen LogP contribution < -0.4 is 9.46 Å². The van der Waals surface area contributed by atoms with E-state index in [1.54, 1.807) is 18.3 Å². The van der Waals surface area contributed by atoms with Crippen molar-refractivity contribution in [1.29, 1.82) is 5.26 Å². The van der Waals surface area contributed by atoms with Gasteiger partial charge in [0, 0.05) is 17.2 Å². The highest BCUT2D eigenvalue weighted by atomic mass is 35.5. The highest BCUT2D eigenvalue weighted by Crippen LogP contribution is 2.39. The van der Waals surface area contributed by atoms with Crippen LogP contribution in [-0.2, 0) is 15.4 Å². The summed E-state index contributed by atoms with van der Waals surface area (Å²) in [6, 6.07) is 15.3. The molecule has 0 aliphatic heterocycles. The quantitative estimate of drug-likeness (QED) is 0.281. The van der Waals surface area contributed by atoms with E-state index in [9.17, 15) is 13.7 Å². The number of oxazole rings is 1. The number of halogens is 2. The molecule has 0 aliphatic rings. The highest BCUT2D eigenvalue weighted by Gasteiger charge is 2.26. The molecule has 0 aliphatic carbocycles. The van der Waals surface area contributed by atoms with E-state index in [0.717, 1.165) is 28.5 Å². The van der Waals surface area contributed by atoms with Crippen molar-refractivity contribution in [3.05, 3.63) is 70.4 Å². The van der Waals surface area contributed by atoms with Crippen molar-refractivity contribution in [2.75, 3.05) is 23.5 Å². The molecule has 0 saturated heterocycles. The summed E-state index contributed by atoms with van der Waals surface area (Å²) >= 11 is 12.2. The summed E-state index contributed by atoms with van der Waals surface area (Å²) in [7, 11) is -3.52. The number of nitriles is 1. The minimum absolute atomic E-state index is 0.135. The van der Waals surface area contributed by atoms with Gasteiger partial charge in [0.25, 0.3) is 0 Å². The van der Waals surface area contributed by atoms with Crippen molar-refractivity contribution in [3.63, 3.8) is 0 Å². The highest BCUT2D eigenvalue weighted by molar-refractivity contribution is 7.91. The normalized spacial score (nSPS) is 11.9. The summed E-state index contributed by atoms with van der Waals surface area (Å²) in [6.45, 7) is 4.35. The van der Waals surface area contributed by atoms with E-state index >= 15 is 0 Å². The zero-order valence-electron chi connectivity index (χ0n) is 19.7. The summed E-state index contributed by atoms with van der Waals surface area (Å²) in [4.78, 5) is 8.32. The largest absolute Gasteiger partial charge is 0.489 e. The second-order valence-corrected chi connectivity index (χ2v) is 11.2. The van der Waals surface area contributed by atoms with Gasteiger partial charge in [0.1, 0.15) is 12.7 Å². The third kappa shape index (κ3) is 5.41. The Bertz CT molecular complexity index is 1580. The molecule has 4 aromatic rings. The number of aromatic nitrogens is 2. The summed E-state index contributed by atoms with van der Waals surface area (Å²) in [6.07, 6.45) is 2.66. The number of anilines is 1. The van der Waals surface area contributed by atoms with Gasteiger partial charge >= 0.3 is 6.01 Å². The molecule has 11 heteroatoms. The van der Waals surface area contributed by atoms with E-state index in [2.05, 4.69) is 20.8 Å². The maximum atomic E-state index is 11.4. The SMILES string of the molecule is CC(C)(c1ccc(-c2cnc3nc(NS(C)(=O)=O)oc3c2)cc1)c1cc(Cl)c(OCCCl)c(C#N)c1. The van der Waals surface area contributed by atoms with Crippen LogP contribution in [0.1, 0.15) is 30.5 Å². The van der Waals surface area contributed by atoms with Crippen LogP contribution >= 0.6 is 23.2 Å². The molecule has 2 aromatic carbocycles. The summed E-state index contributed by atoms with van der Waals surface area (Å²) in [5.74, 6) is 0.623. The first kappa shape index (κ1) is 25.8. The molecule has 36 heavy (non-hydrogen) atoms. The van der Waals surface area contributed by atoms with Gasteiger partial charge in [-0.3, -0.25) is 0 Å². The van der Waals surface area contributed by atoms with Crippen LogP contribution in [-0.4, -0.2) is 37.1 Å². The lowest BCUT2D eigenvalue weighted by Gasteiger charge is -2.27. The van der Waals surface area contributed by atoms with Crippen LogP contribution in [0.25, 0.3) is 22.4 Å². The second kappa shape index (κ2) is 9.97. The van der Waals surface area contributed by atoms with Gasteiger partial charge in [0.05, 0.1) is 22.7 Å². The van der Waals surface area contributed by atoms with Crippen LogP contribution in [0.2, 0.25) is 5.02 Å². The van der Waals surface area contributed by atoms with Crippen molar-refractivity contribution in [3.8, 4) is 22.9 Å². The van der Waals surface area contributed by atoms with E-state index < -0.39 is 15.4 Å². The molecule has 4 rings (SSSR count). The maximum absolute atomic E-state index is 11.4. The number of sulfonamides is 1. The summed E-state index contributed by atoms with van der Waals surface area (Å²) in [5.41, 5.74) is 4.09. The van der Waals surface area contributed by atoms with Gasteiger partial charge in [0.2, 0.25) is 15.7 Å². The number of nitrogens with zero attached hydrogens (tertiary/aromatic N) is 3. The first-order chi connectivity index (χ1) is 17.0. The molecular weight excluding hydrogens is 523 g/mol. The number of hydrogen-bond donors (Lipinski definition) is 1. The predicted molar refractivity (Wildman–Crippen MR) is 140 cm³/mol. The van der Waals surface area contributed by atoms with Gasteiger partial charge in [-0.2, -0.15) is 10.2 Å². The smallest absolute Gasteiger partial charge is 0.311 e. The lowest BCUT2D eigenvalue weighted by atomic mass is 9.77. The van der Waals surface area contributed by atoms with Crippen LogP contribution in [0.3, 0.4) is 0 Å². The number of pyridine rings is 1. The van der Waals surface area contributed by atoms with E-state index in [1.807, 2.05) is 44.2 Å². The molecule has 0 spiro atoms. The average molecular weight is 545 g/mol. The molecule has 0 unspecified atom stereocenters. The third-order valence-corrected chi connectivity index (χ3v) is 6.65. The fourth-order valence-electron chi connectivity index (χ4n) is 3.75. The molecule has 0 atom stereocenters. The number of fused-ring (bicyclic) bond motifs is 1. The van der Waals surface area contributed by atoms with Crippen LogP contribution in [0.5, 0.6) is 5.75 Å². The van der Waals surface area contributed by atoms with Crippen molar-refractivity contribution < 1.29 is 17.6 Å². The molecule has 0 bridgehead atoms. The molecular formula is C25H22Cl2N4O4S. The van der Waals surface area contributed by atoms with Gasteiger partial charge < -0.3 is 9.15 Å². The Kier molecular flexibility index (Phi) is 7.14.